The van der Waals surface area contributed by atoms with E-state index >= 15 is 0 Å². The highest BCUT2D eigenvalue weighted by atomic mass is 32.1. The number of aromatic nitrogens is 1. The maximum absolute atomic E-state index is 4.65. The van der Waals surface area contributed by atoms with Crippen molar-refractivity contribution in [1.82, 2.24) is 10.3 Å². The molecule has 1 saturated carbocycles. The van der Waals surface area contributed by atoms with Crippen LogP contribution in [0, 0.1) is 12.3 Å². The summed E-state index contributed by atoms with van der Waals surface area (Å²) in [5, 5.41) is 7.15. The molecule has 0 radical (unpaired) electrons. The molecule has 0 bridgehead atoms. The van der Waals surface area contributed by atoms with Gasteiger partial charge < -0.3 is 5.32 Å². The number of thiazole rings is 1. The summed E-state index contributed by atoms with van der Waals surface area (Å²) < 4.78 is 0. The second kappa shape index (κ2) is 5.30. The van der Waals surface area contributed by atoms with Gasteiger partial charge >= 0.3 is 0 Å². The lowest BCUT2D eigenvalue weighted by Gasteiger charge is -2.33. The van der Waals surface area contributed by atoms with Crippen molar-refractivity contribution in [3.05, 3.63) is 16.1 Å². The van der Waals surface area contributed by atoms with Gasteiger partial charge in [0.05, 0.1) is 10.7 Å². The Hall–Kier alpha value is -0.410. The highest BCUT2D eigenvalue weighted by Gasteiger charge is 2.35. The number of rotatable bonds is 4. The average molecular weight is 266 g/mol. The predicted octanol–water partition coefficient (Wildman–Crippen LogP) is 3.94. The minimum Gasteiger partial charge on any atom is -0.312 e. The molecule has 2 rings (SSSR count). The van der Waals surface area contributed by atoms with Crippen molar-refractivity contribution in [2.75, 3.05) is 6.54 Å². The molecule has 0 amide bonds. The standard InChI is InChI=1S/C15H26N2S/c1-12-17-13(10-18-12)9-15(7-5-6-8-15)11-16-14(2,3)4/h10,16H,5-9,11H2,1-4H3. The smallest absolute Gasteiger partial charge is 0.0897 e. The molecule has 1 N–H and O–H groups in total. The van der Waals surface area contributed by atoms with Gasteiger partial charge in [0.1, 0.15) is 0 Å². The zero-order valence-electron chi connectivity index (χ0n) is 12.2. The van der Waals surface area contributed by atoms with Crippen molar-refractivity contribution in [1.29, 1.82) is 0 Å². The van der Waals surface area contributed by atoms with Crippen LogP contribution in [0.4, 0.5) is 0 Å². The lowest BCUT2D eigenvalue weighted by Crippen LogP contribution is -2.44. The number of hydrogen-bond acceptors (Lipinski definition) is 3. The molecule has 1 aromatic rings. The van der Waals surface area contributed by atoms with E-state index < -0.39 is 0 Å². The number of nitrogens with one attached hydrogen (secondary N) is 1. The fraction of sp³-hybridized carbons (Fsp3) is 0.800. The summed E-state index contributed by atoms with van der Waals surface area (Å²) in [5.74, 6) is 0. The van der Waals surface area contributed by atoms with Crippen LogP contribution in [0.2, 0.25) is 0 Å². The van der Waals surface area contributed by atoms with Crippen LogP contribution in [0.15, 0.2) is 5.38 Å². The average Bonchev–Trinajstić information content (AvgIpc) is 2.86. The molecule has 102 valence electrons. The van der Waals surface area contributed by atoms with E-state index in [-0.39, 0.29) is 5.54 Å². The van der Waals surface area contributed by atoms with Gasteiger partial charge in [-0.25, -0.2) is 4.98 Å². The molecule has 1 fully saturated rings. The van der Waals surface area contributed by atoms with Crippen molar-refractivity contribution >= 4 is 11.3 Å². The summed E-state index contributed by atoms with van der Waals surface area (Å²) in [5.41, 5.74) is 1.97. The summed E-state index contributed by atoms with van der Waals surface area (Å²) in [7, 11) is 0. The quantitative estimate of drug-likeness (QED) is 0.893. The Labute approximate surface area is 115 Å². The van der Waals surface area contributed by atoms with Crippen molar-refractivity contribution in [2.45, 2.75) is 65.3 Å². The fourth-order valence-electron chi connectivity index (χ4n) is 2.87. The van der Waals surface area contributed by atoms with Gasteiger partial charge in [0.25, 0.3) is 0 Å². The van der Waals surface area contributed by atoms with Gasteiger partial charge in [0, 0.05) is 17.5 Å². The Kier molecular flexibility index (Phi) is 4.12. The molecular formula is C15H26N2S. The van der Waals surface area contributed by atoms with E-state index in [0.717, 1.165) is 13.0 Å². The Bertz CT molecular complexity index is 383. The molecule has 1 aromatic heterocycles. The normalized spacial score (nSPS) is 19.3. The second-order valence-electron chi connectivity index (χ2n) is 6.85. The lowest BCUT2D eigenvalue weighted by molar-refractivity contribution is 0.243. The van der Waals surface area contributed by atoms with Crippen LogP contribution in [0.3, 0.4) is 0 Å². The number of aryl methyl sites for hydroxylation is 1. The first kappa shape index (κ1) is 14.0. The van der Waals surface area contributed by atoms with Gasteiger partial charge in [0.2, 0.25) is 0 Å². The Morgan fingerprint density at radius 2 is 2.00 bits per heavy atom. The van der Waals surface area contributed by atoms with Crippen molar-refractivity contribution in [3.63, 3.8) is 0 Å². The predicted molar refractivity (Wildman–Crippen MR) is 79.2 cm³/mol. The first-order valence-corrected chi connectivity index (χ1v) is 7.93. The summed E-state index contributed by atoms with van der Waals surface area (Å²) in [6, 6.07) is 0. The van der Waals surface area contributed by atoms with Crippen molar-refractivity contribution in [2.24, 2.45) is 5.41 Å². The third-order valence-corrected chi connectivity index (χ3v) is 4.70. The maximum atomic E-state index is 4.65. The van der Waals surface area contributed by atoms with Crippen LogP contribution in [-0.2, 0) is 6.42 Å². The summed E-state index contributed by atoms with van der Waals surface area (Å²) in [4.78, 5) is 4.65. The molecule has 0 unspecified atom stereocenters. The molecule has 0 spiro atoms. The number of hydrogen-bond donors (Lipinski definition) is 1. The summed E-state index contributed by atoms with van der Waals surface area (Å²) in [6.07, 6.45) is 6.63. The van der Waals surface area contributed by atoms with Gasteiger partial charge in [-0.2, -0.15) is 0 Å². The molecule has 18 heavy (non-hydrogen) atoms. The van der Waals surface area contributed by atoms with Gasteiger partial charge in [-0.15, -0.1) is 11.3 Å². The SMILES string of the molecule is Cc1nc(CC2(CNC(C)(C)C)CCCC2)cs1. The fourth-order valence-corrected chi connectivity index (χ4v) is 3.48. The van der Waals surface area contributed by atoms with E-state index in [1.54, 1.807) is 11.3 Å². The monoisotopic (exact) mass is 266 g/mol. The zero-order valence-corrected chi connectivity index (χ0v) is 13.0. The largest absolute Gasteiger partial charge is 0.312 e. The van der Waals surface area contributed by atoms with E-state index in [1.807, 2.05) is 0 Å². The van der Waals surface area contributed by atoms with Crippen LogP contribution >= 0.6 is 11.3 Å². The molecule has 2 nitrogen and oxygen atoms in total. The molecule has 0 saturated heterocycles. The van der Waals surface area contributed by atoms with Gasteiger partial charge in [-0.1, -0.05) is 12.8 Å². The Morgan fingerprint density at radius 3 is 2.50 bits per heavy atom. The van der Waals surface area contributed by atoms with Crippen LogP contribution in [-0.4, -0.2) is 17.1 Å². The third kappa shape index (κ3) is 3.79. The zero-order chi connectivity index (χ0) is 13.2. The van der Waals surface area contributed by atoms with Crippen LogP contribution in [0.25, 0.3) is 0 Å². The Morgan fingerprint density at radius 1 is 1.33 bits per heavy atom. The van der Waals surface area contributed by atoms with E-state index in [0.29, 0.717) is 5.41 Å². The highest BCUT2D eigenvalue weighted by Crippen LogP contribution is 2.40. The molecule has 0 aliphatic heterocycles. The topological polar surface area (TPSA) is 24.9 Å². The van der Waals surface area contributed by atoms with Gasteiger partial charge in [-0.05, 0) is 52.4 Å². The van der Waals surface area contributed by atoms with Crippen molar-refractivity contribution in [3.8, 4) is 0 Å². The molecule has 1 aliphatic carbocycles. The minimum absolute atomic E-state index is 0.216. The molecule has 0 atom stereocenters. The van der Waals surface area contributed by atoms with E-state index in [4.69, 9.17) is 0 Å². The summed E-state index contributed by atoms with van der Waals surface area (Å²) in [6.45, 7) is 9.99. The molecular weight excluding hydrogens is 240 g/mol. The lowest BCUT2D eigenvalue weighted by atomic mass is 9.81. The third-order valence-electron chi connectivity index (χ3n) is 3.88. The first-order valence-electron chi connectivity index (χ1n) is 7.05. The van der Waals surface area contributed by atoms with Crippen LogP contribution < -0.4 is 5.32 Å². The van der Waals surface area contributed by atoms with E-state index in [9.17, 15) is 0 Å². The highest BCUT2D eigenvalue weighted by molar-refractivity contribution is 7.09. The Balaban J connectivity index is 2.02. The molecule has 0 aromatic carbocycles. The van der Waals surface area contributed by atoms with E-state index in [2.05, 4.69) is 43.4 Å². The molecule has 1 aliphatic rings. The van der Waals surface area contributed by atoms with E-state index in [1.165, 1.54) is 36.4 Å². The molecule has 1 heterocycles. The number of nitrogens with zero attached hydrogens (tertiary/aromatic N) is 1. The van der Waals surface area contributed by atoms with Crippen LogP contribution in [0.5, 0.6) is 0 Å². The molecule has 3 heteroatoms. The van der Waals surface area contributed by atoms with Gasteiger partial charge in [-0.3, -0.25) is 0 Å². The van der Waals surface area contributed by atoms with Crippen LogP contribution in [0.1, 0.15) is 57.2 Å². The van der Waals surface area contributed by atoms with Gasteiger partial charge in [0.15, 0.2) is 0 Å². The maximum Gasteiger partial charge on any atom is 0.0897 e. The van der Waals surface area contributed by atoms with Crippen molar-refractivity contribution < 1.29 is 0 Å². The summed E-state index contributed by atoms with van der Waals surface area (Å²) >= 11 is 1.78. The minimum atomic E-state index is 0.216. The second-order valence-corrected chi connectivity index (χ2v) is 7.91. The first-order chi connectivity index (χ1) is 8.39.